The van der Waals surface area contributed by atoms with Crippen molar-refractivity contribution >= 4 is 61.5 Å². The Bertz CT molecular complexity index is 2560. The quantitative estimate of drug-likeness (QED) is 0.172. The summed E-state index contributed by atoms with van der Waals surface area (Å²) >= 11 is 0. The van der Waals surface area contributed by atoms with E-state index < -0.39 is 0 Å². The van der Waals surface area contributed by atoms with Gasteiger partial charge in [-0.05, 0) is 98.6 Å². The molecule has 0 radical (unpaired) electrons. The summed E-state index contributed by atoms with van der Waals surface area (Å²) in [6, 6.07) is 63.6. The first-order valence-electron chi connectivity index (χ1n) is 17.1. The van der Waals surface area contributed by atoms with Crippen LogP contribution in [0.4, 0.5) is 17.1 Å². The number of fused-ring (bicyclic) bond motifs is 3. The zero-order valence-electron chi connectivity index (χ0n) is 27.8. The normalized spacial score (nSPS) is 11.5. The molecule has 0 saturated carbocycles. The first-order chi connectivity index (χ1) is 25.2. The summed E-state index contributed by atoms with van der Waals surface area (Å²) in [5.41, 5.74) is 6.31. The molecule has 0 aliphatic rings. The van der Waals surface area contributed by atoms with Gasteiger partial charge in [0.15, 0.2) is 17.5 Å². The number of aromatic nitrogens is 3. The van der Waals surface area contributed by atoms with Gasteiger partial charge in [-0.1, -0.05) is 133 Å². The van der Waals surface area contributed by atoms with E-state index in [1.165, 1.54) is 16.2 Å². The van der Waals surface area contributed by atoms with Crippen LogP contribution in [0.2, 0.25) is 0 Å². The van der Waals surface area contributed by atoms with Crippen molar-refractivity contribution in [2.24, 2.45) is 0 Å². The third-order valence-corrected chi connectivity index (χ3v) is 9.23. The maximum Gasteiger partial charge on any atom is 0.164 e. The van der Waals surface area contributed by atoms with E-state index in [9.17, 15) is 0 Å². The molecule has 0 unspecified atom stereocenters. The molecule has 1 heterocycles. The van der Waals surface area contributed by atoms with Crippen LogP contribution < -0.4 is 4.90 Å². The van der Waals surface area contributed by atoms with Gasteiger partial charge in [-0.2, -0.15) is 0 Å². The highest BCUT2D eigenvalue weighted by Gasteiger charge is 2.13. The zero-order chi connectivity index (χ0) is 34.0. The molecule has 0 spiro atoms. The smallest absolute Gasteiger partial charge is 0.164 e. The molecule has 51 heavy (non-hydrogen) atoms. The fourth-order valence-electron chi connectivity index (χ4n) is 6.65. The molecule has 0 aliphatic heterocycles. The Kier molecular flexibility index (Phi) is 7.80. The highest BCUT2D eigenvalue weighted by Crippen LogP contribution is 2.36. The molecule has 0 saturated heterocycles. The lowest BCUT2D eigenvalue weighted by atomic mass is 10.0. The minimum Gasteiger partial charge on any atom is -0.310 e. The summed E-state index contributed by atoms with van der Waals surface area (Å²) < 4.78 is 0. The van der Waals surface area contributed by atoms with E-state index in [0.717, 1.165) is 49.9 Å². The Morgan fingerprint density at radius 3 is 1.39 bits per heavy atom. The molecule has 1 aromatic heterocycles. The monoisotopic (exact) mass is 652 g/mol. The van der Waals surface area contributed by atoms with Crippen LogP contribution in [0.5, 0.6) is 0 Å². The molecule has 0 amide bonds. The second-order valence-electron chi connectivity index (χ2n) is 12.6. The minimum absolute atomic E-state index is 0.605. The van der Waals surface area contributed by atoms with Crippen LogP contribution in [0.15, 0.2) is 182 Å². The predicted octanol–water partition coefficient (Wildman–Crippen LogP) is 12.3. The number of hydrogen-bond acceptors (Lipinski definition) is 4. The van der Waals surface area contributed by atoms with Crippen molar-refractivity contribution in [1.82, 2.24) is 15.0 Å². The molecule has 0 N–H and O–H groups in total. The molecule has 0 bridgehead atoms. The summed E-state index contributed by atoms with van der Waals surface area (Å²) in [7, 11) is 0. The number of nitrogens with zero attached hydrogens (tertiary/aromatic N) is 4. The largest absolute Gasteiger partial charge is 0.310 e. The van der Waals surface area contributed by atoms with Crippen molar-refractivity contribution in [2.75, 3.05) is 4.90 Å². The van der Waals surface area contributed by atoms with Gasteiger partial charge in [-0.15, -0.1) is 0 Å². The van der Waals surface area contributed by atoms with E-state index in [1.807, 2.05) is 18.2 Å². The topological polar surface area (TPSA) is 41.9 Å². The van der Waals surface area contributed by atoms with Crippen molar-refractivity contribution in [2.45, 2.75) is 0 Å². The van der Waals surface area contributed by atoms with Crippen LogP contribution >= 0.6 is 0 Å². The molecule has 9 aromatic rings. The Hall–Kier alpha value is -6.91. The molecular formula is C47H32N4. The van der Waals surface area contributed by atoms with Gasteiger partial charge < -0.3 is 4.90 Å². The van der Waals surface area contributed by atoms with Crippen LogP contribution in [-0.4, -0.2) is 15.0 Å². The van der Waals surface area contributed by atoms with Gasteiger partial charge in [-0.3, -0.25) is 0 Å². The van der Waals surface area contributed by atoms with E-state index in [-0.39, 0.29) is 0 Å². The lowest BCUT2D eigenvalue weighted by Crippen LogP contribution is -2.09. The molecule has 0 fully saturated rings. The summed E-state index contributed by atoms with van der Waals surface area (Å²) in [4.78, 5) is 17.2. The number of para-hydroxylation sites is 2. The molecular weight excluding hydrogens is 621 g/mol. The van der Waals surface area contributed by atoms with Crippen LogP contribution in [-0.2, 0) is 0 Å². The average molecular weight is 653 g/mol. The second kappa shape index (κ2) is 13.2. The second-order valence-corrected chi connectivity index (χ2v) is 12.6. The summed E-state index contributed by atoms with van der Waals surface area (Å²) in [5.74, 6) is 1.89. The van der Waals surface area contributed by atoms with Crippen LogP contribution in [0.25, 0.3) is 67.2 Å². The Balaban J connectivity index is 1.08. The van der Waals surface area contributed by atoms with E-state index in [2.05, 4.69) is 181 Å². The third kappa shape index (κ3) is 6.23. The summed E-state index contributed by atoms with van der Waals surface area (Å²) in [6.45, 7) is 0. The van der Waals surface area contributed by atoms with E-state index in [4.69, 9.17) is 15.0 Å². The van der Waals surface area contributed by atoms with Gasteiger partial charge in [0.05, 0.1) is 0 Å². The SMILES string of the molecule is C(=C\c1nc(-c2ccc3ccccc3c2)nc(-c2ccc3ccccc3c2)n1)/c1ccc2cc(N(c3ccccc3)c3ccccc3)ccc2c1. The number of benzene rings is 8. The molecule has 240 valence electrons. The van der Waals surface area contributed by atoms with E-state index in [1.54, 1.807) is 0 Å². The predicted molar refractivity (Wildman–Crippen MR) is 213 cm³/mol. The summed E-state index contributed by atoms with van der Waals surface area (Å²) in [5, 5.41) is 6.98. The molecule has 4 heteroatoms. The fourth-order valence-corrected chi connectivity index (χ4v) is 6.65. The average Bonchev–Trinajstić information content (AvgIpc) is 3.20. The van der Waals surface area contributed by atoms with Crippen LogP contribution in [0.1, 0.15) is 11.4 Å². The third-order valence-electron chi connectivity index (χ3n) is 9.23. The Morgan fingerprint density at radius 1 is 0.333 bits per heavy atom. The first-order valence-corrected chi connectivity index (χ1v) is 17.1. The van der Waals surface area contributed by atoms with Gasteiger partial charge >= 0.3 is 0 Å². The molecule has 8 aromatic carbocycles. The Labute approximate surface area is 296 Å². The van der Waals surface area contributed by atoms with Gasteiger partial charge in [0.1, 0.15) is 0 Å². The summed E-state index contributed by atoms with van der Waals surface area (Å²) in [6.07, 6.45) is 4.07. The Morgan fingerprint density at radius 2 is 0.804 bits per heavy atom. The van der Waals surface area contributed by atoms with E-state index >= 15 is 0 Å². The van der Waals surface area contributed by atoms with Gasteiger partial charge in [-0.25, -0.2) is 15.0 Å². The minimum atomic E-state index is 0.605. The van der Waals surface area contributed by atoms with Gasteiger partial charge in [0, 0.05) is 28.2 Å². The van der Waals surface area contributed by atoms with Crippen molar-refractivity contribution in [3.63, 3.8) is 0 Å². The van der Waals surface area contributed by atoms with E-state index in [0.29, 0.717) is 17.5 Å². The maximum absolute atomic E-state index is 4.99. The van der Waals surface area contributed by atoms with Crippen molar-refractivity contribution in [3.05, 3.63) is 193 Å². The van der Waals surface area contributed by atoms with Crippen molar-refractivity contribution in [3.8, 4) is 22.8 Å². The molecule has 4 nitrogen and oxygen atoms in total. The molecule has 0 aliphatic carbocycles. The molecule has 9 rings (SSSR count). The number of anilines is 3. The van der Waals surface area contributed by atoms with Crippen LogP contribution in [0.3, 0.4) is 0 Å². The molecule has 0 atom stereocenters. The van der Waals surface area contributed by atoms with Crippen molar-refractivity contribution in [1.29, 1.82) is 0 Å². The standard InChI is InChI=1S/C47H32N4/c1-3-15-42(16-4-1)51(43-17-5-2-6-18-43)44-27-26-38-29-33(19-21-39(38)32-44)20-28-45-48-46(40-24-22-34-11-7-9-13-36(34)30-40)50-47(49-45)41-25-23-35-12-8-10-14-37(35)31-41/h1-32H/b28-20+. The highest BCUT2D eigenvalue weighted by molar-refractivity contribution is 5.92. The van der Waals surface area contributed by atoms with Crippen LogP contribution in [0, 0.1) is 0 Å². The highest BCUT2D eigenvalue weighted by atomic mass is 15.1. The lowest BCUT2D eigenvalue weighted by Gasteiger charge is -2.25. The first kappa shape index (κ1) is 30.2. The number of hydrogen-bond donors (Lipinski definition) is 0. The van der Waals surface area contributed by atoms with Crippen molar-refractivity contribution < 1.29 is 0 Å². The zero-order valence-corrected chi connectivity index (χ0v) is 27.8. The van der Waals surface area contributed by atoms with Gasteiger partial charge in [0.2, 0.25) is 0 Å². The number of rotatable bonds is 7. The fraction of sp³-hybridized carbons (Fsp3) is 0. The lowest BCUT2D eigenvalue weighted by molar-refractivity contribution is 1.05. The maximum atomic E-state index is 4.99. The van der Waals surface area contributed by atoms with Gasteiger partial charge in [0.25, 0.3) is 0 Å².